The summed E-state index contributed by atoms with van der Waals surface area (Å²) in [6, 6.07) is 22.0. The molecule has 0 aliphatic heterocycles. The molecule has 0 bridgehead atoms. The summed E-state index contributed by atoms with van der Waals surface area (Å²) in [6.07, 6.45) is 3.42. The molecular formula is C24H14Ag2N4O2. The molecule has 0 fully saturated rings. The summed E-state index contributed by atoms with van der Waals surface area (Å²) in [5.74, 6) is -0.443. The smallest absolute Gasteiger partial charge is 0.859 e. The van der Waals surface area contributed by atoms with E-state index in [-0.39, 0.29) is 56.5 Å². The second-order valence-corrected chi connectivity index (χ2v) is 6.72. The fraction of sp³-hybridized carbons (Fsp3) is 0. The molecule has 2 aromatic carbocycles. The first-order valence-corrected chi connectivity index (χ1v) is 9.32. The van der Waals surface area contributed by atoms with Crippen LogP contribution < -0.4 is 10.2 Å². The van der Waals surface area contributed by atoms with E-state index in [0.29, 0.717) is 11.0 Å². The van der Waals surface area contributed by atoms with Crippen LogP contribution >= 0.6 is 0 Å². The maximum atomic E-state index is 11.2. The van der Waals surface area contributed by atoms with Gasteiger partial charge in [0.15, 0.2) is 0 Å². The van der Waals surface area contributed by atoms with E-state index in [0.717, 1.165) is 32.6 Å². The molecule has 0 saturated carbocycles. The monoisotopic (exact) mass is 604 g/mol. The summed E-state index contributed by atoms with van der Waals surface area (Å²) in [7, 11) is 0. The van der Waals surface area contributed by atoms with Crippen LogP contribution in [-0.4, -0.2) is 19.9 Å². The minimum absolute atomic E-state index is 0. The second kappa shape index (κ2) is 10.2. The van der Waals surface area contributed by atoms with Crippen molar-refractivity contribution in [2.75, 3.05) is 0 Å². The standard InChI is InChI=1S/2C12H8N2O.2Ag/c2*15-10-6-5-9-4-3-8-2-1-7-13-11(8)12(9)14-10;;/h2*1-7H,(H,14,15);;/q;;2*+1/p-2. The van der Waals surface area contributed by atoms with Crippen molar-refractivity contribution in [3.8, 4) is 11.8 Å². The first-order valence-electron chi connectivity index (χ1n) is 9.32. The molecule has 4 aromatic heterocycles. The summed E-state index contributed by atoms with van der Waals surface area (Å²) >= 11 is 0. The second-order valence-electron chi connectivity index (χ2n) is 6.72. The predicted molar refractivity (Wildman–Crippen MR) is 113 cm³/mol. The average Bonchev–Trinajstić information content (AvgIpc) is 2.79. The number of nitrogens with zero attached hydrogens (tertiary/aromatic N) is 4. The van der Waals surface area contributed by atoms with E-state index < -0.39 is 0 Å². The van der Waals surface area contributed by atoms with Crippen molar-refractivity contribution in [1.82, 2.24) is 19.9 Å². The minimum Gasteiger partial charge on any atom is -0.859 e. The fourth-order valence-corrected chi connectivity index (χ4v) is 3.41. The Bertz CT molecular complexity index is 1430. The number of hydrogen-bond acceptors (Lipinski definition) is 6. The van der Waals surface area contributed by atoms with Crippen LogP contribution in [0.5, 0.6) is 11.8 Å². The molecule has 6 rings (SSSR count). The molecule has 0 aliphatic rings. The Morgan fingerprint density at radius 3 is 1.19 bits per heavy atom. The van der Waals surface area contributed by atoms with Gasteiger partial charge in [-0.3, -0.25) is 19.9 Å². The summed E-state index contributed by atoms with van der Waals surface area (Å²) in [5, 5.41) is 26.3. The van der Waals surface area contributed by atoms with Crippen molar-refractivity contribution in [1.29, 1.82) is 0 Å². The average molecular weight is 606 g/mol. The number of rotatable bonds is 0. The van der Waals surface area contributed by atoms with Gasteiger partial charge in [-0.2, -0.15) is 0 Å². The fourth-order valence-electron chi connectivity index (χ4n) is 3.41. The van der Waals surface area contributed by atoms with Crippen molar-refractivity contribution in [2.45, 2.75) is 0 Å². The van der Waals surface area contributed by atoms with Gasteiger partial charge in [0, 0.05) is 33.9 Å². The third kappa shape index (κ3) is 4.66. The van der Waals surface area contributed by atoms with Crippen LogP contribution in [0.2, 0.25) is 0 Å². The van der Waals surface area contributed by atoms with Crippen molar-refractivity contribution in [2.24, 2.45) is 0 Å². The number of pyridine rings is 4. The van der Waals surface area contributed by atoms with E-state index in [9.17, 15) is 10.2 Å². The van der Waals surface area contributed by atoms with E-state index in [1.54, 1.807) is 24.5 Å². The van der Waals surface area contributed by atoms with Crippen molar-refractivity contribution < 1.29 is 55.0 Å². The molecule has 0 unspecified atom stereocenters. The van der Waals surface area contributed by atoms with E-state index in [2.05, 4.69) is 19.9 Å². The van der Waals surface area contributed by atoms with Crippen LogP contribution in [0.1, 0.15) is 0 Å². The Kier molecular flexibility index (Phi) is 7.58. The molecule has 8 heteroatoms. The van der Waals surface area contributed by atoms with Gasteiger partial charge in [0.25, 0.3) is 0 Å². The Morgan fingerprint density at radius 2 is 0.781 bits per heavy atom. The molecule has 6 aromatic rings. The third-order valence-corrected chi connectivity index (χ3v) is 4.81. The maximum absolute atomic E-state index is 11.2. The molecule has 0 amide bonds. The van der Waals surface area contributed by atoms with Crippen LogP contribution in [0.15, 0.2) is 85.2 Å². The van der Waals surface area contributed by atoms with Crippen molar-refractivity contribution in [3.63, 3.8) is 0 Å². The van der Waals surface area contributed by atoms with Crippen LogP contribution in [0.25, 0.3) is 43.6 Å². The van der Waals surface area contributed by atoms with Gasteiger partial charge in [0.2, 0.25) is 0 Å². The largest absolute Gasteiger partial charge is 1.00 e. The molecule has 0 N–H and O–H groups in total. The topological polar surface area (TPSA) is 97.7 Å². The van der Waals surface area contributed by atoms with Gasteiger partial charge in [-0.1, -0.05) is 60.7 Å². The van der Waals surface area contributed by atoms with Crippen LogP contribution in [-0.2, 0) is 44.8 Å². The minimum atomic E-state index is -0.222. The zero-order valence-electron chi connectivity index (χ0n) is 16.3. The molecule has 4 heterocycles. The molecule has 0 saturated heterocycles. The van der Waals surface area contributed by atoms with E-state index in [4.69, 9.17) is 0 Å². The molecular weight excluding hydrogens is 592 g/mol. The molecule has 0 spiro atoms. The van der Waals surface area contributed by atoms with Crippen molar-refractivity contribution in [3.05, 3.63) is 85.2 Å². The summed E-state index contributed by atoms with van der Waals surface area (Å²) < 4.78 is 0. The SMILES string of the molecule is [Ag+].[Ag+].[O-]c1ccc2ccc3cccnc3c2n1.[O-]c1ccc2ccc3cccnc3c2n1. The first-order chi connectivity index (χ1) is 14.7. The van der Waals surface area contributed by atoms with Gasteiger partial charge in [-0.25, -0.2) is 0 Å². The Labute approximate surface area is 214 Å². The summed E-state index contributed by atoms with van der Waals surface area (Å²) in [4.78, 5) is 16.5. The van der Waals surface area contributed by atoms with Gasteiger partial charge >= 0.3 is 44.8 Å². The predicted octanol–water partition coefficient (Wildman–Crippen LogP) is 3.71. The Balaban J connectivity index is 0.000000170. The van der Waals surface area contributed by atoms with E-state index in [1.165, 1.54) is 12.1 Å². The maximum Gasteiger partial charge on any atom is 1.00 e. The zero-order valence-corrected chi connectivity index (χ0v) is 19.3. The van der Waals surface area contributed by atoms with Crippen molar-refractivity contribution >= 4 is 43.6 Å². The van der Waals surface area contributed by atoms with Crippen LogP contribution in [0.3, 0.4) is 0 Å². The molecule has 164 valence electrons. The number of benzene rings is 2. The molecule has 6 nitrogen and oxygen atoms in total. The van der Waals surface area contributed by atoms with E-state index in [1.807, 2.05) is 48.5 Å². The summed E-state index contributed by atoms with van der Waals surface area (Å²) in [6.45, 7) is 0. The third-order valence-electron chi connectivity index (χ3n) is 4.81. The number of hydrogen-bond donors (Lipinski definition) is 0. The van der Waals surface area contributed by atoms with E-state index >= 15 is 0 Å². The molecule has 32 heavy (non-hydrogen) atoms. The first kappa shape index (κ1) is 23.8. The van der Waals surface area contributed by atoms with Gasteiger partial charge in [0.1, 0.15) is 0 Å². The molecule has 0 radical (unpaired) electrons. The van der Waals surface area contributed by atoms with Gasteiger partial charge in [-0.05, 0) is 23.9 Å². The quantitative estimate of drug-likeness (QED) is 0.193. The van der Waals surface area contributed by atoms with Gasteiger partial charge in [0.05, 0.1) is 22.1 Å². The summed E-state index contributed by atoms with van der Waals surface area (Å²) in [5.41, 5.74) is 2.93. The number of aromatic nitrogens is 4. The zero-order chi connectivity index (χ0) is 20.5. The Hall–Kier alpha value is -2.84. The normalized spacial score (nSPS) is 10.2. The van der Waals surface area contributed by atoms with Crippen LogP contribution in [0, 0.1) is 0 Å². The van der Waals surface area contributed by atoms with Gasteiger partial charge < -0.3 is 10.2 Å². The Morgan fingerprint density at radius 1 is 0.438 bits per heavy atom. The van der Waals surface area contributed by atoms with Crippen LogP contribution in [0.4, 0.5) is 0 Å². The number of fused-ring (bicyclic) bond motifs is 6. The van der Waals surface area contributed by atoms with Gasteiger partial charge in [-0.15, -0.1) is 0 Å². The molecule has 0 atom stereocenters. The molecule has 0 aliphatic carbocycles.